The molecule has 0 spiro atoms. The molecule has 3 heteroatoms. The van der Waals surface area contributed by atoms with Gasteiger partial charge in [0.15, 0.2) is 5.78 Å². The quantitative estimate of drug-likeness (QED) is 0.527. The molecule has 2 rings (SSSR count). The van der Waals surface area contributed by atoms with Crippen LogP contribution in [-0.4, -0.2) is 18.9 Å². The smallest absolute Gasteiger partial charge is 0.319 e. The highest BCUT2D eigenvalue weighted by Crippen LogP contribution is 2.64. The molecule has 3 atom stereocenters. The lowest BCUT2D eigenvalue weighted by molar-refractivity contribution is -0.151. The van der Waals surface area contributed by atoms with Crippen LogP contribution in [0.25, 0.3) is 0 Å². The third-order valence-corrected chi connectivity index (χ3v) is 3.79. The number of methoxy groups -OCH3 is 1. The molecule has 0 aromatic heterocycles. The van der Waals surface area contributed by atoms with E-state index in [1.54, 1.807) is 0 Å². The molecule has 0 heterocycles. The Morgan fingerprint density at radius 1 is 1.60 bits per heavy atom. The lowest BCUT2D eigenvalue weighted by Crippen LogP contribution is -2.29. The van der Waals surface area contributed by atoms with Gasteiger partial charge in [0.2, 0.25) is 0 Å². The Balaban J connectivity index is 2.09. The molecule has 0 aromatic rings. The minimum absolute atomic E-state index is 0.0999. The highest BCUT2D eigenvalue weighted by molar-refractivity contribution is 6.10. The van der Waals surface area contributed by atoms with Gasteiger partial charge in [-0.3, -0.25) is 9.59 Å². The molecule has 15 heavy (non-hydrogen) atoms. The second-order valence-electron chi connectivity index (χ2n) is 5.29. The number of hydrogen-bond donors (Lipinski definition) is 0. The normalized spacial score (nSPS) is 38.0. The van der Waals surface area contributed by atoms with Gasteiger partial charge in [-0.2, -0.15) is 0 Å². The predicted molar refractivity (Wildman–Crippen MR) is 55.1 cm³/mol. The number of fused-ring (bicyclic) bond motifs is 1. The molecule has 0 N–H and O–H groups in total. The van der Waals surface area contributed by atoms with Crippen LogP contribution < -0.4 is 0 Å². The molecule has 2 saturated carbocycles. The van der Waals surface area contributed by atoms with Gasteiger partial charge in [-0.15, -0.1) is 0 Å². The monoisotopic (exact) mass is 210 g/mol. The summed E-state index contributed by atoms with van der Waals surface area (Å²) >= 11 is 0. The fourth-order valence-electron chi connectivity index (χ4n) is 3.04. The lowest BCUT2D eigenvalue weighted by atomic mass is 9.89. The van der Waals surface area contributed by atoms with E-state index in [0.717, 1.165) is 19.3 Å². The third kappa shape index (κ3) is 1.40. The van der Waals surface area contributed by atoms with Gasteiger partial charge < -0.3 is 4.74 Å². The lowest BCUT2D eigenvalue weighted by Gasteiger charge is -2.15. The number of hydrogen-bond acceptors (Lipinski definition) is 3. The zero-order valence-electron chi connectivity index (χ0n) is 9.58. The van der Waals surface area contributed by atoms with Gasteiger partial charge in [-0.05, 0) is 31.1 Å². The first-order valence-corrected chi connectivity index (χ1v) is 5.65. The average molecular weight is 210 g/mol. The Morgan fingerprint density at radius 3 is 2.80 bits per heavy atom. The average Bonchev–Trinajstić information content (AvgIpc) is 2.83. The van der Waals surface area contributed by atoms with E-state index in [0.29, 0.717) is 5.92 Å². The Bertz CT molecular complexity index is 308. The van der Waals surface area contributed by atoms with E-state index in [1.165, 1.54) is 7.11 Å². The Labute approximate surface area is 90.2 Å². The number of esters is 1. The summed E-state index contributed by atoms with van der Waals surface area (Å²) in [5.74, 6) is 0.743. The van der Waals surface area contributed by atoms with Gasteiger partial charge in [-0.1, -0.05) is 13.8 Å². The van der Waals surface area contributed by atoms with Crippen molar-refractivity contribution in [1.82, 2.24) is 0 Å². The van der Waals surface area contributed by atoms with Crippen LogP contribution in [0.4, 0.5) is 0 Å². The minimum atomic E-state index is -0.714. The zero-order chi connectivity index (χ0) is 11.2. The molecular weight excluding hydrogens is 192 g/mol. The van der Waals surface area contributed by atoms with Crippen LogP contribution in [0.5, 0.6) is 0 Å². The molecule has 3 unspecified atom stereocenters. The number of carbonyl (C=O) groups is 2. The van der Waals surface area contributed by atoms with Crippen molar-refractivity contribution in [2.45, 2.75) is 33.1 Å². The third-order valence-electron chi connectivity index (χ3n) is 3.79. The second kappa shape index (κ2) is 3.32. The fourth-order valence-corrected chi connectivity index (χ4v) is 3.04. The first-order valence-electron chi connectivity index (χ1n) is 5.65. The van der Waals surface area contributed by atoms with Crippen molar-refractivity contribution in [2.24, 2.45) is 23.2 Å². The van der Waals surface area contributed by atoms with Crippen LogP contribution in [0.15, 0.2) is 0 Å². The van der Waals surface area contributed by atoms with Gasteiger partial charge in [0.1, 0.15) is 5.41 Å². The van der Waals surface area contributed by atoms with E-state index in [9.17, 15) is 9.59 Å². The molecule has 0 aromatic carbocycles. The summed E-state index contributed by atoms with van der Waals surface area (Å²) in [5, 5.41) is 0. The highest BCUT2D eigenvalue weighted by Gasteiger charge is 2.71. The Morgan fingerprint density at radius 2 is 2.27 bits per heavy atom. The van der Waals surface area contributed by atoms with Crippen molar-refractivity contribution in [2.75, 3.05) is 7.11 Å². The Kier molecular flexibility index (Phi) is 2.36. The molecule has 0 radical (unpaired) electrons. The largest absolute Gasteiger partial charge is 0.468 e. The molecule has 3 nitrogen and oxygen atoms in total. The number of Topliss-reactive ketones (excluding diaryl/α,β-unsaturated/α-hetero) is 1. The van der Waals surface area contributed by atoms with E-state index in [1.807, 2.05) is 0 Å². The van der Waals surface area contributed by atoms with Gasteiger partial charge in [0.25, 0.3) is 0 Å². The molecule has 2 aliphatic carbocycles. The summed E-state index contributed by atoms with van der Waals surface area (Å²) < 4.78 is 4.74. The summed E-state index contributed by atoms with van der Waals surface area (Å²) in [6.07, 6.45) is 2.54. The van der Waals surface area contributed by atoms with Gasteiger partial charge >= 0.3 is 5.97 Å². The summed E-state index contributed by atoms with van der Waals surface area (Å²) in [5.41, 5.74) is -0.714. The zero-order valence-corrected chi connectivity index (χ0v) is 9.58. The van der Waals surface area contributed by atoms with Gasteiger partial charge in [0, 0.05) is 5.92 Å². The van der Waals surface area contributed by atoms with Crippen LogP contribution in [0.2, 0.25) is 0 Å². The van der Waals surface area contributed by atoms with Crippen LogP contribution in [0, 0.1) is 23.2 Å². The van der Waals surface area contributed by atoms with Crippen LogP contribution in [-0.2, 0) is 14.3 Å². The SMILES string of the molecule is COC(=O)C12CC1CC(CC(C)C)C2=O. The molecule has 0 bridgehead atoms. The van der Waals surface area contributed by atoms with Crippen molar-refractivity contribution >= 4 is 11.8 Å². The maximum Gasteiger partial charge on any atom is 0.319 e. The molecule has 0 aliphatic heterocycles. The molecule has 84 valence electrons. The van der Waals surface area contributed by atoms with E-state index in [2.05, 4.69) is 13.8 Å². The standard InChI is InChI=1S/C12H18O3/c1-7(2)4-8-5-9-6-12(9,10(8)13)11(14)15-3/h7-9H,4-6H2,1-3H3. The van der Waals surface area contributed by atoms with E-state index < -0.39 is 5.41 Å². The molecule has 0 saturated heterocycles. The predicted octanol–water partition coefficient (Wildman–Crippen LogP) is 1.80. The highest BCUT2D eigenvalue weighted by atomic mass is 16.5. The van der Waals surface area contributed by atoms with E-state index in [4.69, 9.17) is 4.74 Å². The van der Waals surface area contributed by atoms with Crippen LogP contribution >= 0.6 is 0 Å². The first-order chi connectivity index (χ1) is 7.02. The molecule has 2 aliphatic rings. The maximum atomic E-state index is 12.1. The molecule has 0 amide bonds. The van der Waals surface area contributed by atoms with Crippen LogP contribution in [0.3, 0.4) is 0 Å². The number of carbonyl (C=O) groups excluding carboxylic acids is 2. The summed E-state index contributed by atoms with van der Waals surface area (Å²) in [7, 11) is 1.37. The van der Waals surface area contributed by atoms with Gasteiger partial charge in [-0.25, -0.2) is 0 Å². The number of ether oxygens (including phenoxy) is 1. The summed E-state index contributed by atoms with van der Waals surface area (Å²) in [6.45, 7) is 4.23. The van der Waals surface area contributed by atoms with Crippen molar-refractivity contribution in [3.63, 3.8) is 0 Å². The van der Waals surface area contributed by atoms with Crippen molar-refractivity contribution in [3.8, 4) is 0 Å². The minimum Gasteiger partial charge on any atom is -0.468 e. The van der Waals surface area contributed by atoms with Crippen molar-refractivity contribution in [1.29, 1.82) is 0 Å². The first kappa shape index (κ1) is 10.7. The Hall–Kier alpha value is -0.860. The van der Waals surface area contributed by atoms with Gasteiger partial charge in [0.05, 0.1) is 7.11 Å². The summed E-state index contributed by atoms with van der Waals surface area (Å²) in [6, 6.07) is 0. The number of ketones is 1. The topological polar surface area (TPSA) is 43.4 Å². The van der Waals surface area contributed by atoms with E-state index in [-0.39, 0.29) is 23.6 Å². The molecule has 2 fully saturated rings. The second-order valence-corrected chi connectivity index (χ2v) is 5.29. The maximum absolute atomic E-state index is 12.1. The van der Waals surface area contributed by atoms with Crippen molar-refractivity contribution < 1.29 is 14.3 Å². The van der Waals surface area contributed by atoms with Crippen molar-refractivity contribution in [3.05, 3.63) is 0 Å². The van der Waals surface area contributed by atoms with E-state index >= 15 is 0 Å². The summed E-state index contributed by atoms with van der Waals surface area (Å²) in [4.78, 5) is 23.7. The fraction of sp³-hybridized carbons (Fsp3) is 0.833. The van der Waals surface area contributed by atoms with Crippen LogP contribution in [0.1, 0.15) is 33.1 Å². The number of rotatable bonds is 3. The molecular formula is C12H18O3.